The number of thioether (sulfide) groups is 1. The molecule has 0 saturated carbocycles. The van der Waals surface area contributed by atoms with Gasteiger partial charge in [-0.15, -0.1) is 5.10 Å². The Morgan fingerprint density at radius 1 is 1.28 bits per heavy atom. The summed E-state index contributed by atoms with van der Waals surface area (Å²) in [5.41, 5.74) is 2.13. The molecule has 0 aliphatic carbocycles. The molecule has 2 aliphatic heterocycles. The van der Waals surface area contributed by atoms with Gasteiger partial charge in [-0.1, -0.05) is 33.8 Å². The molecule has 126 valence electrons. The average Bonchev–Trinajstić information content (AvgIpc) is 2.60. The van der Waals surface area contributed by atoms with Crippen LogP contribution in [0.5, 0.6) is 0 Å². The zero-order valence-corrected chi connectivity index (χ0v) is 15.9. The minimum absolute atomic E-state index is 0.189. The molecular formula is C17H14BrN5OS. The zero-order chi connectivity index (χ0) is 17.6. The van der Waals surface area contributed by atoms with Crippen molar-refractivity contribution in [1.82, 2.24) is 15.3 Å². The van der Waals surface area contributed by atoms with Crippen LogP contribution in [0.25, 0.3) is 5.70 Å². The molecule has 1 atom stereocenters. The first-order chi connectivity index (χ1) is 12.1. The normalized spacial score (nSPS) is 18.8. The lowest BCUT2D eigenvalue weighted by Gasteiger charge is -2.33. The number of carbonyl (C=O) groups excluding carboxylic acids is 1. The number of aryl methyl sites for hydroxylation is 1. The van der Waals surface area contributed by atoms with Gasteiger partial charge < -0.3 is 0 Å². The van der Waals surface area contributed by atoms with Crippen molar-refractivity contribution in [3.8, 4) is 0 Å². The highest BCUT2D eigenvalue weighted by atomic mass is 79.9. The van der Waals surface area contributed by atoms with E-state index in [2.05, 4.69) is 31.3 Å². The van der Waals surface area contributed by atoms with Crippen molar-refractivity contribution in [1.29, 1.82) is 0 Å². The summed E-state index contributed by atoms with van der Waals surface area (Å²) < 4.78 is 0.883. The second kappa shape index (κ2) is 6.27. The summed E-state index contributed by atoms with van der Waals surface area (Å²) >= 11 is 4.85. The summed E-state index contributed by atoms with van der Waals surface area (Å²) in [5, 5.41) is 11.1. The minimum Gasteiger partial charge on any atom is -0.298 e. The average molecular weight is 416 g/mol. The third-order valence-corrected chi connectivity index (χ3v) is 5.00. The van der Waals surface area contributed by atoms with Crippen molar-refractivity contribution in [3.63, 3.8) is 0 Å². The van der Waals surface area contributed by atoms with Crippen molar-refractivity contribution in [3.05, 3.63) is 62.8 Å². The Bertz CT molecular complexity index is 1040. The smallest absolute Gasteiger partial charge is 0.276 e. The summed E-state index contributed by atoms with van der Waals surface area (Å²) in [7, 11) is 0. The van der Waals surface area contributed by atoms with E-state index in [4.69, 9.17) is 4.99 Å². The fourth-order valence-electron chi connectivity index (χ4n) is 2.84. The minimum atomic E-state index is -0.475. The molecule has 0 spiro atoms. The van der Waals surface area contributed by atoms with Crippen LogP contribution in [0.2, 0.25) is 0 Å². The molecule has 0 saturated heterocycles. The number of hydrazone groups is 1. The first-order valence-electron chi connectivity index (χ1n) is 7.61. The van der Waals surface area contributed by atoms with Gasteiger partial charge in [0.05, 0.1) is 11.1 Å². The van der Waals surface area contributed by atoms with Crippen LogP contribution in [-0.2, 0) is 4.79 Å². The number of amidine groups is 1. The van der Waals surface area contributed by atoms with E-state index < -0.39 is 6.17 Å². The highest BCUT2D eigenvalue weighted by molar-refractivity contribution is 9.10. The van der Waals surface area contributed by atoms with Crippen LogP contribution in [0.3, 0.4) is 0 Å². The Kier molecular flexibility index (Phi) is 4.09. The van der Waals surface area contributed by atoms with Crippen LogP contribution in [-0.4, -0.2) is 27.3 Å². The number of aromatic nitrogens is 1. The zero-order valence-electron chi connectivity index (χ0n) is 13.5. The molecule has 4 rings (SSSR count). The molecule has 0 unspecified atom stereocenters. The van der Waals surface area contributed by atoms with Crippen LogP contribution < -0.4 is 15.9 Å². The first-order valence-corrected chi connectivity index (χ1v) is 9.63. The van der Waals surface area contributed by atoms with E-state index in [-0.39, 0.29) is 5.91 Å². The molecule has 8 heteroatoms. The fraction of sp³-hybridized carbons (Fsp3) is 0.176. The number of fused-ring (bicyclic) bond motifs is 2. The summed E-state index contributed by atoms with van der Waals surface area (Å²) in [4.78, 5) is 22.2. The van der Waals surface area contributed by atoms with Gasteiger partial charge in [0, 0.05) is 15.4 Å². The van der Waals surface area contributed by atoms with Crippen molar-refractivity contribution in [2.75, 3.05) is 6.26 Å². The maximum Gasteiger partial charge on any atom is 0.276 e. The molecule has 2 aliphatic rings. The van der Waals surface area contributed by atoms with Crippen LogP contribution >= 0.6 is 27.7 Å². The number of amides is 1. The molecule has 1 aromatic carbocycles. The summed E-state index contributed by atoms with van der Waals surface area (Å²) in [5.74, 6) is -0.189. The Morgan fingerprint density at radius 2 is 2.12 bits per heavy atom. The van der Waals surface area contributed by atoms with Crippen LogP contribution in [0.4, 0.5) is 0 Å². The number of hydrogen-bond acceptors (Lipinski definition) is 6. The molecular weight excluding hydrogens is 402 g/mol. The number of halogens is 1. The highest BCUT2D eigenvalue weighted by Crippen LogP contribution is 2.29. The van der Waals surface area contributed by atoms with Gasteiger partial charge in [-0.2, -0.15) is 0 Å². The third kappa shape index (κ3) is 2.85. The van der Waals surface area contributed by atoms with Gasteiger partial charge in [0.25, 0.3) is 5.91 Å². The van der Waals surface area contributed by atoms with E-state index in [1.54, 1.807) is 5.01 Å². The number of pyridine rings is 1. The van der Waals surface area contributed by atoms with Crippen molar-refractivity contribution < 1.29 is 4.79 Å². The largest absolute Gasteiger partial charge is 0.298 e. The van der Waals surface area contributed by atoms with Gasteiger partial charge in [-0.3, -0.25) is 20.1 Å². The third-order valence-electron chi connectivity index (χ3n) is 3.94. The molecule has 0 fully saturated rings. The number of nitrogens with one attached hydrogen (secondary N) is 1. The Hall–Kier alpha value is -2.19. The Balaban J connectivity index is 2.01. The van der Waals surface area contributed by atoms with Gasteiger partial charge in [-0.05, 0) is 43.5 Å². The monoisotopic (exact) mass is 415 g/mol. The Morgan fingerprint density at radius 3 is 2.88 bits per heavy atom. The molecule has 2 aromatic rings. The molecule has 25 heavy (non-hydrogen) atoms. The predicted molar refractivity (Wildman–Crippen MR) is 101 cm³/mol. The molecule has 6 nitrogen and oxygen atoms in total. The topological polar surface area (TPSA) is 70.0 Å². The first kappa shape index (κ1) is 16.3. The second-order valence-electron chi connectivity index (χ2n) is 5.62. The fourth-order valence-corrected chi connectivity index (χ4v) is 3.57. The lowest BCUT2D eigenvalue weighted by Crippen LogP contribution is -2.50. The molecule has 1 amide bonds. The maximum atomic E-state index is 12.8. The quantitative estimate of drug-likeness (QED) is 0.768. The van der Waals surface area contributed by atoms with Crippen LogP contribution in [0.15, 0.2) is 51.0 Å². The molecule has 1 aromatic heterocycles. The van der Waals surface area contributed by atoms with Gasteiger partial charge in [0.15, 0.2) is 11.3 Å². The number of rotatable bonds is 1. The van der Waals surface area contributed by atoms with Crippen molar-refractivity contribution >= 4 is 44.5 Å². The van der Waals surface area contributed by atoms with Gasteiger partial charge in [0.1, 0.15) is 5.70 Å². The molecule has 3 heterocycles. The van der Waals surface area contributed by atoms with Gasteiger partial charge in [0.2, 0.25) is 0 Å². The van der Waals surface area contributed by atoms with Crippen molar-refractivity contribution in [2.24, 2.45) is 10.1 Å². The number of nitrogens with zero attached hydrogens (tertiary/aromatic N) is 4. The lowest BCUT2D eigenvalue weighted by molar-refractivity contribution is -0.116. The van der Waals surface area contributed by atoms with E-state index in [9.17, 15) is 4.79 Å². The van der Waals surface area contributed by atoms with E-state index in [1.165, 1.54) is 11.8 Å². The summed E-state index contributed by atoms with van der Waals surface area (Å²) in [6.45, 7) is 1.93. The van der Waals surface area contributed by atoms with Crippen molar-refractivity contribution in [2.45, 2.75) is 13.1 Å². The highest BCUT2D eigenvalue weighted by Gasteiger charge is 2.34. The number of benzene rings is 1. The predicted octanol–water partition coefficient (Wildman–Crippen LogP) is 1.66. The maximum absolute atomic E-state index is 12.8. The van der Waals surface area contributed by atoms with Crippen LogP contribution in [0.1, 0.15) is 17.6 Å². The van der Waals surface area contributed by atoms with E-state index >= 15 is 0 Å². The molecule has 1 N–H and O–H groups in total. The second-order valence-corrected chi connectivity index (χ2v) is 7.34. The summed E-state index contributed by atoms with van der Waals surface area (Å²) in [6, 6.07) is 11.5. The van der Waals surface area contributed by atoms with Gasteiger partial charge >= 0.3 is 0 Å². The standard InChI is InChI=1S/C17H14BrN5OS/c1-9-4-3-5-13(19-9)15-20-12-7-6-10(18)8-11(12)14-16(24)21-17(25-2)22-23(14)15/h3-8,15H,1-2H3,(H,21,22,24)/t15-/m1/s1. The van der Waals surface area contributed by atoms with Crippen LogP contribution in [0, 0.1) is 6.92 Å². The summed E-state index contributed by atoms with van der Waals surface area (Å²) in [6.07, 6.45) is 1.40. The van der Waals surface area contributed by atoms with Gasteiger partial charge in [-0.25, -0.2) is 5.01 Å². The van der Waals surface area contributed by atoms with E-state index in [0.717, 1.165) is 26.4 Å². The van der Waals surface area contributed by atoms with E-state index in [0.29, 0.717) is 10.9 Å². The molecule has 0 radical (unpaired) electrons. The Labute approximate surface area is 156 Å². The molecule has 0 bridgehead atoms. The number of carbonyl (C=O) groups is 1. The number of hydrogen-bond donors (Lipinski definition) is 1. The lowest BCUT2D eigenvalue weighted by atomic mass is 10.1. The van der Waals surface area contributed by atoms with E-state index in [1.807, 2.05) is 49.6 Å². The SMILES string of the molecule is CSC1=NN2C(=c3cc(Br)ccc3=N[C@H]2c2cccc(C)n2)C(=O)N1.